The van der Waals surface area contributed by atoms with Crippen molar-refractivity contribution in [1.29, 1.82) is 0 Å². The molecule has 2 aliphatic rings. The third-order valence-electron chi connectivity index (χ3n) is 5.81. The molecule has 1 saturated heterocycles. The van der Waals surface area contributed by atoms with Gasteiger partial charge in [0.05, 0.1) is 11.9 Å². The number of carbonyl (C=O) groups excluding carboxylic acids is 1. The summed E-state index contributed by atoms with van der Waals surface area (Å²) in [4.78, 5) is 35.2. The van der Waals surface area contributed by atoms with Crippen molar-refractivity contribution in [3.8, 4) is 11.3 Å². The standard InChI is InChI=1S/C22H18F2N4O2/c23-16-8-17(24)21(26-9-16)22(30)27-10-13-5-15(12-27)19-6-14(7-20(29)28(19)11-13)18-3-1-2-4-25-18/h1-4,6-9,13,15H,5,10-12H2/t13-,15+/m0/s1. The fourth-order valence-electron chi connectivity index (χ4n) is 4.53. The third-order valence-corrected chi connectivity index (χ3v) is 5.81. The van der Waals surface area contributed by atoms with Crippen molar-refractivity contribution in [3.63, 3.8) is 0 Å². The van der Waals surface area contributed by atoms with Gasteiger partial charge < -0.3 is 9.47 Å². The number of aromatic nitrogens is 3. The van der Waals surface area contributed by atoms with Crippen LogP contribution in [-0.2, 0) is 6.54 Å². The van der Waals surface area contributed by atoms with Gasteiger partial charge in [-0.2, -0.15) is 0 Å². The predicted octanol–water partition coefficient (Wildman–Crippen LogP) is 2.84. The summed E-state index contributed by atoms with van der Waals surface area (Å²) in [5.74, 6) is -2.32. The lowest BCUT2D eigenvalue weighted by Crippen LogP contribution is -2.49. The summed E-state index contributed by atoms with van der Waals surface area (Å²) in [6, 6.07) is 9.73. The first-order valence-electron chi connectivity index (χ1n) is 9.76. The van der Waals surface area contributed by atoms with E-state index in [2.05, 4.69) is 9.97 Å². The number of amides is 1. The highest BCUT2D eigenvalue weighted by Gasteiger charge is 2.37. The van der Waals surface area contributed by atoms with Crippen LogP contribution in [0.25, 0.3) is 11.3 Å². The molecule has 30 heavy (non-hydrogen) atoms. The topological polar surface area (TPSA) is 68.1 Å². The molecule has 1 amide bonds. The largest absolute Gasteiger partial charge is 0.336 e. The molecule has 3 aromatic rings. The van der Waals surface area contributed by atoms with Crippen LogP contribution in [0, 0.1) is 17.6 Å². The van der Waals surface area contributed by atoms with E-state index in [0.717, 1.165) is 23.9 Å². The molecule has 0 spiro atoms. The molecule has 2 atom stereocenters. The molecule has 2 aliphatic heterocycles. The molecule has 5 heterocycles. The van der Waals surface area contributed by atoms with Gasteiger partial charge in [-0.3, -0.25) is 14.6 Å². The van der Waals surface area contributed by atoms with E-state index >= 15 is 0 Å². The third kappa shape index (κ3) is 3.18. The van der Waals surface area contributed by atoms with Crippen LogP contribution in [0.4, 0.5) is 8.78 Å². The highest BCUT2D eigenvalue weighted by atomic mass is 19.1. The van der Waals surface area contributed by atoms with Gasteiger partial charge >= 0.3 is 0 Å². The fraction of sp³-hybridized carbons (Fsp3) is 0.273. The summed E-state index contributed by atoms with van der Waals surface area (Å²) >= 11 is 0. The van der Waals surface area contributed by atoms with E-state index in [1.165, 1.54) is 0 Å². The summed E-state index contributed by atoms with van der Waals surface area (Å²) in [5, 5.41) is 0. The number of likely N-dealkylation sites (tertiary alicyclic amines) is 1. The Kier molecular flexibility index (Phi) is 4.42. The Labute approximate surface area is 170 Å². The van der Waals surface area contributed by atoms with E-state index in [9.17, 15) is 18.4 Å². The fourth-order valence-corrected chi connectivity index (χ4v) is 4.53. The molecule has 152 valence electrons. The molecule has 1 fully saturated rings. The van der Waals surface area contributed by atoms with Crippen LogP contribution in [0.1, 0.15) is 28.5 Å². The summed E-state index contributed by atoms with van der Waals surface area (Å²) in [7, 11) is 0. The van der Waals surface area contributed by atoms with Crippen molar-refractivity contribution in [2.45, 2.75) is 18.9 Å². The van der Waals surface area contributed by atoms with Crippen LogP contribution in [0.2, 0.25) is 0 Å². The Hall–Kier alpha value is -3.42. The van der Waals surface area contributed by atoms with Gasteiger partial charge in [0.1, 0.15) is 5.82 Å². The molecule has 0 aliphatic carbocycles. The van der Waals surface area contributed by atoms with Crippen molar-refractivity contribution in [1.82, 2.24) is 19.4 Å². The van der Waals surface area contributed by atoms with Gasteiger partial charge in [-0.05, 0) is 30.5 Å². The van der Waals surface area contributed by atoms with Crippen molar-refractivity contribution in [2.24, 2.45) is 5.92 Å². The summed E-state index contributed by atoms with van der Waals surface area (Å²) in [6.07, 6.45) is 3.36. The van der Waals surface area contributed by atoms with Crippen LogP contribution in [0.3, 0.4) is 0 Å². The van der Waals surface area contributed by atoms with Crippen molar-refractivity contribution < 1.29 is 13.6 Å². The molecule has 0 N–H and O–H groups in total. The first-order valence-corrected chi connectivity index (χ1v) is 9.76. The molecule has 6 nitrogen and oxygen atoms in total. The van der Waals surface area contributed by atoms with E-state index in [1.807, 2.05) is 24.3 Å². The smallest absolute Gasteiger partial charge is 0.275 e. The molecule has 5 rings (SSSR count). The summed E-state index contributed by atoms with van der Waals surface area (Å²) < 4.78 is 29.0. The Morgan fingerprint density at radius 1 is 1.07 bits per heavy atom. The van der Waals surface area contributed by atoms with E-state index in [4.69, 9.17) is 0 Å². The number of halogens is 2. The second kappa shape index (κ2) is 7.12. The second-order valence-corrected chi connectivity index (χ2v) is 7.83. The second-order valence-electron chi connectivity index (χ2n) is 7.83. The summed E-state index contributed by atoms with van der Waals surface area (Å²) in [6.45, 7) is 1.25. The number of pyridine rings is 3. The minimum atomic E-state index is -0.968. The Balaban J connectivity index is 1.49. The molecule has 0 radical (unpaired) electrons. The number of carbonyl (C=O) groups is 1. The van der Waals surface area contributed by atoms with Gasteiger partial charge in [-0.25, -0.2) is 13.8 Å². The lowest BCUT2D eigenvalue weighted by molar-refractivity contribution is 0.0583. The SMILES string of the molecule is O=C(c1ncc(F)cc1F)N1C[C@@H]2C[C@H](C1)c1cc(-c3ccccn3)cc(=O)n1C2. The first kappa shape index (κ1) is 18.6. The van der Waals surface area contributed by atoms with Gasteiger partial charge in [0.25, 0.3) is 11.5 Å². The molecule has 2 bridgehead atoms. The number of hydrogen-bond donors (Lipinski definition) is 0. The Morgan fingerprint density at radius 2 is 1.93 bits per heavy atom. The minimum Gasteiger partial charge on any atom is -0.336 e. The van der Waals surface area contributed by atoms with E-state index < -0.39 is 17.5 Å². The normalized spacial score (nSPS) is 20.0. The number of hydrogen-bond acceptors (Lipinski definition) is 4. The Bertz CT molecular complexity index is 1200. The number of piperidine rings is 1. The van der Waals surface area contributed by atoms with Crippen LogP contribution in [0.5, 0.6) is 0 Å². The number of nitrogens with zero attached hydrogens (tertiary/aromatic N) is 4. The Morgan fingerprint density at radius 3 is 2.70 bits per heavy atom. The van der Waals surface area contributed by atoms with Crippen LogP contribution in [-0.4, -0.2) is 38.4 Å². The monoisotopic (exact) mass is 408 g/mol. The van der Waals surface area contributed by atoms with Gasteiger partial charge in [0.15, 0.2) is 11.5 Å². The molecule has 3 aromatic heterocycles. The zero-order chi connectivity index (χ0) is 20.8. The van der Waals surface area contributed by atoms with Crippen molar-refractivity contribution in [3.05, 3.63) is 82.2 Å². The lowest BCUT2D eigenvalue weighted by Gasteiger charge is -2.42. The van der Waals surface area contributed by atoms with E-state index in [-0.39, 0.29) is 23.1 Å². The number of fused-ring (bicyclic) bond motifs is 4. The average molecular weight is 408 g/mol. The zero-order valence-corrected chi connectivity index (χ0v) is 16.0. The molecular formula is C22H18F2N4O2. The van der Waals surface area contributed by atoms with Gasteiger partial charge in [0, 0.05) is 55.1 Å². The minimum absolute atomic E-state index is 0.0543. The maximum Gasteiger partial charge on any atom is 0.275 e. The highest BCUT2D eigenvalue weighted by molar-refractivity contribution is 5.92. The predicted molar refractivity (Wildman–Crippen MR) is 105 cm³/mol. The molecular weight excluding hydrogens is 390 g/mol. The molecule has 0 aromatic carbocycles. The van der Waals surface area contributed by atoms with Gasteiger partial charge in [-0.15, -0.1) is 0 Å². The first-order chi connectivity index (χ1) is 14.5. The van der Waals surface area contributed by atoms with Crippen LogP contribution < -0.4 is 5.56 Å². The average Bonchev–Trinajstić information content (AvgIpc) is 2.74. The van der Waals surface area contributed by atoms with Crippen LogP contribution in [0.15, 0.2) is 53.6 Å². The lowest BCUT2D eigenvalue weighted by atomic mass is 9.82. The van der Waals surface area contributed by atoms with E-state index in [1.54, 1.807) is 21.7 Å². The molecule has 0 unspecified atom stereocenters. The summed E-state index contributed by atoms with van der Waals surface area (Å²) in [5.41, 5.74) is 1.83. The van der Waals surface area contributed by atoms with Crippen molar-refractivity contribution in [2.75, 3.05) is 13.1 Å². The highest BCUT2D eigenvalue weighted by Crippen LogP contribution is 2.36. The van der Waals surface area contributed by atoms with E-state index in [0.29, 0.717) is 31.4 Å². The van der Waals surface area contributed by atoms with Crippen molar-refractivity contribution >= 4 is 5.91 Å². The molecule has 0 saturated carbocycles. The quantitative estimate of drug-likeness (QED) is 0.654. The molecule has 8 heteroatoms. The number of rotatable bonds is 2. The zero-order valence-electron chi connectivity index (χ0n) is 16.0. The van der Waals surface area contributed by atoms with Gasteiger partial charge in [-0.1, -0.05) is 6.07 Å². The maximum absolute atomic E-state index is 14.1. The van der Waals surface area contributed by atoms with Crippen LogP contribution >= 0.6 is 0 Å². The van der Waals surface area contributed by atoms with Gasteiger partial charge in [0.2, 0.25) is 0 Å². The maximum atomic E-state index is 14.1.